The second-order valence-corrected chi connectivity index (χ2v) is 16.4. The van der Waals surface area contributed by atoms with Crippen molar-refractivity contribution < 1.29 is 14.3 Å². The minimum Gasteiger partial charge on any atom is -0.461 e. The highest BCUT2D eigenvalue weighted by molar-refractivity contribution is 7.16. The maximum Gasteiger partial charge on any atom is 0.357 e. The van der Waals surface area contributed by atoms with Crippen LogP contribution in [0.25, 0.3) is 10.2 Å². The third-order valence-electron chi connectivity index (χ3n) is 4.89. The number of nitrogens with zero attached hydrogens (tertiary/aromatic N) is 5. The number of fused-ring (bicyclic) bond motifs is 1. The van der Waals surface area contributed by atoms with Crippen molar-refractivity contribution in [3.8, 4) is 0 Å². The maximum absolute atomic E-state index is 11.8. The Labute approximate surface area is 212 Å². The van der Waals surface area contributed by atoms with Crippen LogP contribution in [0.15, 0.2) is 46.8 Å². The minimum atomic E-state index is -1.16. The summed E-state index contributed by atoms with van der Waals surface area (Å²) in [7, 11) is -1.16. The van der Waals surface area contributed by atoms with E-state index in [4.69, 9.17) is 14.5 Å². The molecule has 0 saturated carbocycles. The van der Waals surface area contributed by atoms with Gasteiger partial charge in [0.25, 0.3) is 0 Å². The van der Waals surface area contributed by atoms with E-state index in [2.05, 4.69) is 56.8 Å². The van der Waals surface area contributed by atoms with Crippen LogP contribution in [0.1, 0.15) is 17.4 Å². The average molecular weight is 529 g/mol. The van der Waals surface area contributed by atoms with Gasteiger partial charge in [0, 0.05) is 20.1 Å². The zero-order valence-electron chi connectivity index (χ0n) is 20.1. The van der Waals surface area contributed by atoms with Crippen molar-refractivity contribution in [3.05, 3.63) is 52.3 Å². The van der Waals surface area contributed by atoms with Crippen LogP contribution < -0.4 is 10.1 Å². The maximum atomic E-state index is 11.8. The van der Waals surface area contributed by atoms with E-state index in [1.54, 1.807) is 35.8 Å². The number of nitrogens with one attached hydrogen (secondary N) is 1. The largest absolute Gasteiger partial charge is 0.461 e. The number of benzene rings is 1. The molecule has 0 aliphatic heterocycles. The van der Waals surface area contributed by atoms with Gasteiger partial charge in [-0.15, -0.1) is 21.5 Å². The lowest BCUT2D eigenvalue weighted by molar-refractivity contribution is 0.0520. The molecule has 4 aromatic rings. The van der Waals surface area contributed by atoms with E-state index in [0.717, 1.165) is 27.7 Å². The lowest BCUT2D eigenvalue weighted by atomic mass is 10.3. The van der Waals surface area contributed by atoms with Gasteiger partial charge in [0.1, 0.15) is 6.73 Å². The number of aromatic nitrogens is 4. The van der Waals surface area contributed by atoms with Crippen molar-refractivity contribution >= 4 is 63.7 Å². The number of thiazole rings is 2. The second kappa shape index (κ2) is 11.2. The highest BCUT2D eigenvalue weighted by atomic mass is 32.1. The van der Waals surface area contributed by atoms with E-state index in [9.17, 15) is 4.79 Å². The summed E-state index contributed by atoms with van der Waals surface area (Å²) in [5, 5.41) is 13.7. The number of carbonyl (C=O) groups is 1. The van der Waals surface area contributed by atoms with Crippen LogP contribution in [-0.4, -0.2) is 47.0 Å². The normalized spacial score (nSPS) is 12.3. The van der Waals surface area contributed by atoms with Gasteiger partial charge in [0.2, 0.25) is 0 Å². The van der Waals surface area contributed by atoms with Crippen molar-refractivity contribution in [3.63, 3.8) is 0 Å². The fraction of sp³-hybridized carbons (Fsp3) is 0.348. The Balaban J connectivity index is 1.50. The molecule has 1 N–H and O–H groups in total. The van der Waals surface area contributed by atoms with Crippen molar-refractivity contribution in [2.45, 2.75) is 39.3 Å². The molecule has 0 fully saturated rings. The van der Waals surface area contributed by atoms with Gasteiger partial charge < -0.3 is 14.8 Å². The fourth-order valence-electron chi connectivity index (χ4n) is 3.05. The SMILES string of the molecule is CCOC(=O)c1csc(Nc2ccc(N=c3sc4ccccc4n3COCC[Si](C)(C)C)nn2)n1. The first-order chi connectivity index (χ1) is 16.8. The quantitative estimate of drug-likeness (QED) is 0.167. The Morgan fingerprint density at radius 3 is 2.74 bits per heavy atom. The molecular weight excluding hydrogens is 501 g/mol. The number of carbonyl (C=O) groups excluding carboxylic acids is 1. The van der Waals surface area contributed by atoms with Crippen molar-refractivity contribution in [2.75, 3.05) is 18.5 Å². The Morgan fingerprint density at radius 1 is 1.17 bits per heavy atom. The fourth-order valence-corrected chi connectivity index (χ4v) is 5.52. The van der Waals surface area contributed by atoms with Crippen LogP contribution in [0.5, 0.6) is 0 Å². The molecule has 1 aromatic carbocycles. The molecule has 3 heterocycles. The zero-order chi connectivity index (χ0) is 24.8. The standard InChI is InChI=1S/C23H28N6O3S2Si/c1-5-32-21(30)16-14-33-22(24-16)25-19-10-11-20(28-27-19)26-23-29(15-31-12-13-35(2,3)4)17-8-6-7-9-18(17)34-23/h6-11,14H,5,12-13,15H2,1-4H3,(H,24,25,27). The number of rotatable bonds is 10. The van der Waals surface area contributed by atoms with Gasteiger partial charge in [-0.1, -0.05) is 43.1 Å². The highest BCUT2D eigenvalue weighted by Gasteiger charge is 2.14. The summed E-state index contributed by atoms with van der Waals surface area (Å²) in [5.74, 6) is 0.551. The predicted octanol–water partition coefficient (Wildman–Crippen LogP) is 5.41. The summed E-state index contributed by atoms with van der Waals surface area (Å²) in [5.41, 5.74) is 1.34. The lowest BCUT2D eigenvalue weighted by Gasteiger charge is -2.15. The molecule has 0 aliphatic rings. The van der Waals surface area contributed by atoms with E-state index in [-0.39, 0.29) is 5.69 Å². The van der Waals surface area contributed by atoms with E-state index < -0.39 is 14.0 Å². The third-order valence-corrected chi connectivity index (χ3v) is 8.41. The van der Waals surface area contributed by atoms with Gasteiger partial charge in [-0.3, -0.25) is 4.57 Å². The van der Waals surface area contributed by atoms with E-state index >= 15 is 0 Å². The molecule has 0 unspecified atom stereocenters. The van der Waals surface area contributed by atoms with Gasteiger partial charge in [-0.05, 0) is 37.2 Å². The molecule has 4 rings (SSSR count). The van der Waals surface area contributed by atoms with Crippen LogP contribution in [0.4, 0.5) is 16.8 Å². The third kappa shape index (κ3) is 6.81. The molecule has 0 spiro atoms. The van der Waals surface area contributed by atoms with Crippen molar-refractivity contribution in [1.82, 2.24) is 19.7 Å². The monoisotopic (exact) mass is 528 g/mol. The van der Waals surface area contributed by atoms with Gasteiger partial charge in [-0.2, -0.15) is 4.99 Å². The topological polar surface area (TPSA) is 104 Å². The van der Waals surface area contributed by atoms with E-state index in [1.165, 1.54) is 11.3 Å². The highest BCUT2D eigenvalue weighted by Crippen LogP contribution is 2.21. The number of hydrogen-bond acceptors (Lipinski definition) is 10. The molecule has 9 nitrogen and oxygen atoms in total. The molecule has 0 saturated heterocycles. The first kappa shape index (κ1) is 25.2. The Bertz CT molecular complexity index is 1360. The molecule has 3 aromatic heterocycles. The molecule has 35 heavy (non-hydrogen) atoms. The summed E-state index contributed by atoms with van der Waals surface area (Å²) in [6.45, 7) is 10.3. The van der Waals surface area contributed by atoms with Crippen LogP contribution in [0, 0.1) is 0 Å². The minimum absolute atomic E-state index is 0.264. The molecule has 0 bridgehead atoms. The van der Waals surface area contributed by atoms with Crippen LogP contribution in [0.3, 0.4) is 0 Å². The number of para-hydroxylation sites is 1. The predicted molar refractivity (Wildman–Crippen MR) is 143 cm³/mol. The average Bonchev–Trinajstić information content (AvgIpc) is 3.42. The summed E-state index contributed by atoms with van der Waals surface area (Å²) in [6.07, 6.45) is 0. The number of hydrogen-bond donors (Lipinski definition) is 1. The molecular formula is C23H28N6O3S2Si. The molecule has 0 amide bonds. The molecule has 0 radical (unpaired) electrons. The Kier molecular flexibility index (Phi) is 8.06. The van der Waals surface area contributed by atoms with E-state index in [0.29, 0.717) is 30.1 Å². The van der Waals surface area contributed by atoms with Gasteiger partial charge in [0.05, 0.1) is 16.8 Å². The van der Waals surface area contributed by atoms with Crippen molar-refractivity contribution in [1.29, 1.82) is 0 Å². The Hall–Kier alpha value is -2.93. The first-order valence-electron chi connectivity index (χ1n) is 11.3. The molecule has 0 aliphatic carbocycles. The van der Waals surface area contributed by atoms with Crippen LogP contribution in [0.2, 0.25) is 25.7 Å². The molecule has 12 heteroatoms. The molecule has 184 valence electrons. The summed E-state index contributed by atoms with van der Waals surface area (Å²) < 4.78 is 14.2. The first-order valence-corrected chi connectivity index (χ1v) is 16.7. The van der Waals surface area contributed by atoms with Crippen molar-refractivity contribution in [2.24, 2.45) is 4.99 Å². The van der Waals surface area contributed by atoms with Gasteiger partial charge in [-0.25, -0.2) is 9.78 Å². The molecule has 0 atom stereocenters. The number of anilines is 2. The smallest absolute Gasteiger partial charge is 0.357 e. The second-order valence-electron chi connectivity index (χ2n) is 8.90. The van der Waals surface area contributed by atoms with Gasteiger partial charge >= 0.3 is 5.97 Å². The summed E-state index contributed by atoms with van der Waals surface area (Å²) in [4.78, 5) is 21.6. The van der Waals surface area contributed by atoms with Crippen LogP contribution >= 0.6 is 22.7 Å². The summed E-state index contributed by atoms with van der Waals surface area (Å²) >= 11 is 2.88. The Morgan fingerprint density at radius 2 is 2.00 bits per heavy atom. The zero-order valence-corrected chi connectivity index (χ0v) is 22.8. The number of ether oxygens (including phenoxy) is 2. The van der Waals surface area contributed by atoms with Gasteiger partial charge in [0.15, 0.2) is 27.3 Å². The number of esters is 1. The summed E-state index contributed by atoms with van der Waals surface area (Å²) in [6, 6.07) is 12.9. The lowest BCUT2D eigenvalue weighted by Crippen LogP contribution is -2.23. The van der Waals surface area contributed by atoms with E-state index in [1.807, 2.05) is 12.1 Å². The van der Waals surface area contributed by atoms with Crippen LogP contribution in [-0.2, 0) is 16.2 Å².